The highest BCUT2D eigenvalue weighted by Gasteiger charge is 2.23. The van der Waals surface area contributed by atoms with Crippen molar-refractivity contribution < 1.29 is 17.7 Å². The first-order chi connectivity index (χ1) is 73.7. The molecular formula is C138H86N6O4S. The van der Waals surface area contributed by atoms with Crippen molar-refractivity contribution in [2.24, 2.45) is 0 Å². The molecule has 0 unspecified atom stereocenters. The summed E-state index contributed by atoms with van der Waals surface area (Å²) in [6.45, 7) is 0. The summed E-state index contributed by atoms with van der Waals surface area (Å²) in [7, 11) is 0. The van der Waals surface area contributed by atoms with Crippen molar-refractivity contribution in [3.63, 3.8) is 0 Å². The molecule has 0 saturated heterocycles. The lowest BCUT2D eigenvalue weighted by Gasteiger charge is -2.12. The van der Waals surface area contributed by atoms with Gasteiger partial charge in [0.2, 0.25) is 0 Å². The second-order valence-corrected chi connectivity index (χ2v) is 38.4. The molecule has 29 aromatic rings. The first kappa shape index (κ1) is 88.2. The number of hydrogen-bond donors (Lipinski definition) is 0. The van der Waals surface area contributed by atoms with Crippen LogP contribution in [0.2, 0.25) is 0 Å². The van der Waals surface area contributed by atoms with E-state index in [0.717, 1.165) is 205 Å². The molecule has 8 heterocycles. The molecule has 0 bridgehead atoms. The summed E-state index contributed by atoms with van der Waals surface area (Å²) in [4.78, 5) is 31.0. The van der Waals surface area contributed by atoms with Gasteiger partial charge in [-0.15, -0.1) is 11.3 Å². The fraction of sp³-hybridized carbons (Fsp3) is 0. The van der Waals surface area contributed by atoms with Gasteiger partial charge in [-0.1, -0.05) is 413 Å². The van der Waals surface area contributed by atoms with Gasteiger partial charge in [-0.3, -0.25) is 0 Å². The zero-order valence-corrected chi connectivity index (χ0v) is 81.2. The van der Waals surface area contributed by atoms with Crippen molar-refractivity contribution in [3.05, 3.63) is 522 Å². The summed E-state index contributed by atoms with van der Waals surface area (Å²) in [6.07, 6.45) is 0. The number of rotatable bonds is 16. The van der Waals surface area contributed by atoms with Gasteiger partial charge in [-0.05, 0) is 182 Å². The minimum Gasteiger partial charge on any atom is -0.456 e. The maximum absolute atomic E-state index is 6.40. The van der Waals surface area contributed by atoms with Crippen molar-refractivity contribution in [2.75, 3.05) is 0 Å². The molecule has 21 aromatic carbocycles. The maximum Gasteiger partial charge on any atom is 0.160 e. The van der Waals surface area contributed by atoms with Crippen molar-refractivity contribution in [1.29, 1.82) is 0 Å². The average Bonchev–Trinajstić information content (AvgIpc) is 1.73. The van der Waals surface area contributed by atoms with Crippen LogP contribution in [-0.4, -0.2) is 29.9 Å². The Morgan fingerprint density at radius 2 is 0.376 bits per heavy atom. The summed E-state index contributed by atoms with van der Waals surface area (Å²) in [5.41, 5.74) is 37.0. The molecule has 0 atom stereocenters. The molecule has 8 aromatic heterocycles. The number of nitrogens with zero attached hydrogens (tertiary/aromatic N) is 6. The largest absolute Gasteiger partial charge is 0.456 e. The van der Waals surface area contributed by atoms with Gasteiger partial charge in [0.25, 0.3) is 0 Å². The van der Waals surface area contributed by atoms with Gasteiger partial charge in [-0.25, -0.2) is 29.9 Å². The number of para-hydroxylation sites is 5. The zero-order valence-electron chi connectivity index (χ0n) is 80.4. The van der Waals surface area contributed by atoms with Crippen molar-refractivity contribution >= 4 is 119 Å². The molecule has 0 aliphatic heterocycles. The van der Waals surface area contributed by atoms with Crippen LogP contribution in [0.1, 0.15) is 0 Å². The van der Waals surface area contributed by atoms with Crippen LogP contribution in [0.25, 0.3) is 288 Å². The number of furan rings is 4. The van der Waals surface area contributed by atoms with E-state index in [4.69, 9.17) is 47.6 Å². The molecule has 29 rings (SSSR count). The van der Waals surface area contributed by atoms with E-state index in [1.165, 1.54) is 64.7 Å². The highest BCUT2D eigenvalue weighted by Crippen LogP contribution is 2.46. The smallest absolute Gasteiger partial charge is 0.160 e. The van der Waals surface area contributed by atoms with Crippen molar-refractivity contribution in [3.8, 4) is 180 Å². The van der Waals surface area contributed by atoms with Gasteiger partial charge in [0, 0.05) is 119 Å². The molecule has 11 heteroatoms. The number of thiophene rings is 1. The van der Waals surface area contributed by atoms with Crippen molar-refractivity contribution in [2.45, 2.75) is 0 Å². The van der Waals surface area contributed by atoms with Crippen LogP contribution in [0.5, 0.6) is 0 Å². The summed E-state index contributed by atoms with van der Waals surface area (Å²) in [5, 5.41) is 11.4. The van der Waals surface area contributed by atoms with E-state index in [1.807, 2.05) is 102 Å². The molecule has 698 valence electrons. The lowest BCUT2D eigenvalue weighted by molar-refractivity contribution is 0.668. The van der Waals surface area contributed by atoms with E-state index >= 15 is 0 Å². The lowest BCUT2D eigenvalue weighted by atomic mass is 9.97. The molecule has 0 aliphatic carbocycles. The molecular weight excluding hydrogens is 1840 g/mol. The Bertz CT molecular complexity index is 9760. The van der Waals surface area contributed by atoms with Gasteiger partial charge in [0.1, 0.15) is 44.7 Å². The third-order valence-electron chi connectivity index (χ3n) is 28.2. The quantitative estimate of drug-likeness (QED) is 0.0922. The lowest BCUT2D eigenvalue weighted by Crippen LogP contribution is -1.96. The van der Waals surface area contributed by atoms with Crippen LogP contribution in [0, 0.1) is 0 Å². The fourth-order valence-electron chi connectivity index (χ4n) is 20.6. The third-order valence-corrected chi connectivity index (χ3v) is 29.4. The molecule has 149 heavy (non-hydrogen) atoms. The molecule has 0 radical (unpaired) electrons. The number of benzene rings is 21. The van der Waals surface area contributed by atoms with E-state index in [-0.39, 0.29) is 0 Å². The first-order valence-electron chi connectivity index (χ1n) is 49.9. The minimum absolute atomic E-state index is 0.636. The van der Waals surface area contributed by atoms with Gasteiger partial charge < -0.3 is 17.7 Å². The van der Waals surface area contributed by atoms with Gasteiger partial charge >= 0.3 is 0 Å². The summed E-state index contributed by atoms with van der Waals surface area (Å²) in [5.74, 6) is 1.94. The SMILES string of the molecule is c1ccc(-c2ccc(-c3cc(-c4cccc(-c5cccc(-c6ccccc6)c5)c4)nc(-c4ccc5c(c4)oc4ccccc45)n3)cc2)cc1.c1ccc(-c2ccc(-c3cc(-c4cccc(-c5cccc6c5oc5ccccc56)c4)nc(-c4ccc5c(c4)oc4ccccc45)n3)cc2)cc1.c1ccc(-c2ccc(-c3cc(-c4cccc(-c5cccc6c5sc5ccccc56)c4)nc(-c4ccc5c(c4)oc4ccccc45)n3)cc2)cc1. The summed E-state index contributed by atoms with van der Waals surface area (Å²) >= 11 is 1.85. The average molecular weight is 1920 g/mol. The van der Waals surface area contributed by atoms with E-state index in [1.54, 1.807) is 0 Å². The van der Waals surface area contributed by atoms with Crippen LogP contribution >= 0.6 is 11.3 Å². The Hall–Kier alpha value is -19.7. The van der Waals surface area contributed by atoms with E-state index < -0.39 is 0 Å². The zero-order chi connectivity index (χ0) is 98.6. The normalized spacial score (nSPS) is 11.5. The Morgan fingerprint density at radius 3 is 0.772 bits per heavy atom. The van der Waals surface area contributed by atoms with Crippen LogP contribution in [0.4, 0.5) is 0 Å². The second-order valence-electron chi connectivity index (χ2n) is 37.4. The molecule has 0 amide bonds. The second kappa shape index (κ2) is 38.2. The summed E-state index contributed by atoms with van der Waals surface area (Å²) in [6, 6.07) is 182. The number of aromatic nitrogens is 6. The maximum atomic E-state index is 6.40. The van der Waals surface area contributed by atoms with E-state index in [0.29, 0.717) is 17.5 Å². The molecule has 0 aliphatic rings. The van der Waals surface area contributed by atoms with Crippen molar-refractivity contribution in [1.82, 2.24) is 29.9 Å². The highest BCUT2D eigenvalue weighted by atomic mass is 32.1. The molecule has 0 N–H and O–H groups in total. The van der Waals surface area contributed by atoms with Gasteiger partial charge in [0.05, 0.1) is 34.2 Å². The Kier molecular flexibility index (Phi) is 22.6. The topological polar surface area (TPSA) is 130 Å². The number of hydrogen-bond acceptors (Lipinski definition) is 11. The van der Waals surface area contributed by atoms with Gasteiger partial charge in [0.15, 0.2) is 17.5 Å². The molecule has 10 nitrogen and oxygen atoms in total. The molecule has 0 fully saturated rings. The predicted molar refractivity (Wildman–Crippen MR) is 615 cm³/mol. The van der Waals surface area contributed by atoms with E-state index in [9.17, 15) is 0 Å². The minimum atomic E-state index is 0.636. The fourth-order valence-corrected chi connectivity index (χ4v) is 21.8. The summed E-state index contributed by atoms with van der Waals surface area (Å²) < 4.78 is 27.8. The monoisotopic (exact) mass is 1920 g/mol. The highest BCUT2D eigenvalue weighted by molar-refractivity contribution is 7.26. The predicted octanol–water partition coefficient (Wildman–Crippen LogP) is 38.1. The Labute approximate surface area is 861 Å². The molecule has 0 saturated carbocycles. The van der Waals surface area contributed by atoms with Crippen LogP contribution < -0.4 is 0 Å². The third kappa shape index (κ3) is 17.3. The Morgan fingerprint density at radius 1 is 0.134 bits per heavy atom. The standard InChI is InChI=1S/C46H28N2O2.C46H28N2OS.C46H30N2O/c1-2-10-29(11-3-1)30-20-22-31(23-21-30)40-28-41(48-46(47-40)34-24-25-38-36-14-4-6-18-42(36)49-44(38)27-34)33-13-8-12-32(26-33)35-16-9-17-39-37-15-5-7-19-43(37)50-45(35)39;1-2-10-29(11-3-1)30-20-22-31(23-21-30)40-28-41(48-46(47-40)34-24-25-37-36-14-4-6-18-42(36)49-43(37)27-34)33-13-8-12-32(26-33)35-16-9-17-39-38-15-5-7-19-44(38)50-45(35)39;1-3-11-31(12-4-1)33-21-23-34(24-22-33)42-30-43(48-46(47-42)39-25-26-41-40-19-7-8-20-44(40)49-45(41)29-39)38-18-10-17-37(28-38)36-16-9-15-35(27-36)32-13-5-2-6-14-32/h2*1-28H;1-30H. The van der Waals surface area contributed by atoms with Crippen LogP contribution in [0.15, 0.2) is 539 Å². The Balaban J connectivity index is 0.000000110. The van der Waals surface area contributed by atoms with Crippen LogP contribution in [-0.2, 0) is 0 Å². The van der Waals surface area contributed by atoms with E-state index in [2.05, 4.69) is 431 Å². The first-order valence-corrected chi connectivity index (χ1v) is 50.8. The number of fused-ring (bicyclic) bond motifs is 15. The van der Waals surface area contributed by atoms with Gasteiger partial charge in [-0.2, -0.15) is 0 Å². The molecule has 0 spiro atoms. The van der Waals surface area contributed by atoms with Crippen LogP contribution in [0.3, 0.4) is 0 Å².